The van der Waals surface area contributed by atoms with E-state index in [-0.39, 0.29) is 17.0 Å². The number of ether oxygens (including phenoxy) is 1. The Morgan fingerprint density at radius 2 is 1.96 bits per heavy atom. The van der Waals surface area contributed by atoms with E-state index in [0.29, 0.717) is 5.69 Å². The lowest BCUT2D eigenvalue weighted by Crippen LogP contribution is -2.18. The Bertz CT molecular complexity index is 801. The molecule has 0 spiro atoms. The van der Waals surface area contributed by atoms with Crippen LogP contribution in [0.4, 0.5) is 17.1 Å². The molecular weight excluding hydrogens is 322 g/mol. The molecule has 2 aromatic rings. The van der Waals surface area contributed by atoms with Gasteiger partial charge in [-0.1, -0.05) is 6.07 Å². The smallest absolute Gasteiger partial charge is 0.311 e. The first kappa shape index (κ1) is 16.8. The van der Waals surface area contributed by atoms with Crippen molar-refractivity contribution >= 4 is 23.0 Å². The molecule has 3 rings (SSSR count). The Labute approximate surface area is 145 Å². The summed E-state index contributed by atoms with van der Waals surface area (Å²) in [7, 11) is 1.35. The minimum Gasteiger partial charge on any atom is -0.490 e. The molecule has 2 aromatic carbocycles. The molecule has 1 amide bonds. The Morgan fingerprint density at radius 3 is 2.64 bits per heavy atom. The third kappa shape index (κ3) is 3.71. The zero-order chi connectivity index (χ0) is 17.8. The number of methoxy groups -OCH3 is 1. The fourth-order valence-electron chi connectivity index (χ4n) is 2.93. The number of nitrogens with one attached hydrogen (secondary N) is 1. The summed E-state index contributed by atoms with van der Waals surface area (Å²) >= 11 is 0. The monoisotopic (exact) mass is 341 g/mol. The van der Waals surface area contributed by atoms with E-state index in [2.05, 4.69) is 10.2 Å². The highest BCUT2D eigenvalue weighted by Gasteiger charge is 2.18. The van der Waals surface area contributed by atoms with Gasteiger partial charge in [-0.3, -0.25) is 14.9 Å². The summed E-state index contributed by atoms with van der Waals surface area (Å²) in [6, 6.07) is 11.8. The topological polar surface area (TPSA) is 84.7 Å². The van der Waals surface area contributed by atoms with Crippen LogP contribution in [0, 0.1) is 10.1 Å². The predicted octanol–water partition coefficient (Wildman–Crippen LogP) is 3.46. The summed E-state index contributed by atoms with van der Waals surface area (Å²) in [6.45, 7) is 2.03. The van der Waals surface area contributed by atoms with Crippen molar-refractivity contribution in [3.8, 4) is 5.75 Å². The number of amides is 1. The number of carbonyl (C=O) groups is 1. The molecule has 0 aliphatic carbocycles. The molecule has 1 heterocycles. The van der Waals surface area contributed by atoms with Crippen LogP contribution >= 0.6 is 0 Å². The van der Waals surface area contributed by atoms with Gasteiger partial charge in [0.2, 0.25) is 0 Å². The van der Waals surface area contributed by atoms with E-state index < -0.39 is 10.8 Å². The van der Waals surface area contributed by atoms with E-state index in [1.807, 2.05) is 18.2 Å². The van der Waals surface area contributed by atoms with E-state index in [9.17, 15) is 14.9 Å². The summed E-state index contributed by atoms with van der Waals surface area (Å²) < 4.78 is 4.95. The van der Waals surface area contributed by atoms with E-state index >= 15 is 0 Å². The fourth-order valence-corrected chi connectivity index (χ4v) is 2.93. The van der Waals surface area contributed by atoms with Crippen LogP contribution in [0.15, 0.2) is 42.5 Å². The van der Waals surface area contributed by atoms with Crippen molar-refractivity contribution in [1.82, 2.24) is 0 Å². The number of benzene rings is 2. The second-order valence-electron chi connectivity index (χ2n) is 5.84. The van der Waals surface area contributed by atoms with Gasteiger partial charge in [0.05, 0.1) is 12.0 Å². The predicted molar refractivity (Wildman–Crippen MR) is 95.5 cm³/mol. The first-order chi connectivity index (χ1) is 12.1. The fraction of sp³-hybridized carbons (Fsp3) is 0.278. The molecule has 1 fully saturated rings. The van der Waals surface area contributed by atoms with Gasteiger partial charge in [-0.2, -0.15) is 0 Å². The second-order valence-corrected chi connectivity index (χ2v) is 5.84. The third-order valence-corrected chi connectivity index (χ3v) is 4.21. The Kier molecular flexibility index (Phi) is 4.83. The van der Waals surface area contributed by atoms with Crippen molar-refractivity contribution in [3.05, 3.63) is 58.1 Å². The van der Waals surface area contributed by atoms with Gasteiger partial charge in [0.25, 0.3) is 5.91 Å². The molecule has 25 heavy (non-hydrogen) atoms. The van der Waals surface area contributed by atoms with Gasteiger partial charge in [-0.15, -0.1) is 0 Å². The number of nitrogens with zero attached hydrogens (tertiary/aromatic N) is 2. The van der Waals surface area contributed by atoms with Crippen molar-refractivity contribution in [1.29, 1.82) is 0 Å². The van der Waals surface area contributed by atoms with Crippen molar-refractivity contribution in [3.63, 3.8) is 0 Å². The van der Waals surface area contributed by atoms with Crippen LogP contribution in [0.1, 0.15) is 23.2 Å². The number of nitro benzene ring substituents is 1. The molecule has 1 aliphatic rings. The molecule has 0 unspecified atom stereocenters. The molecule has 1 N–H and O–H groups in total. The van der Waals surface area contributed by atoms with E-state index in [0.717, 1.165) is 18.8 Å². The zero-order valence-electron chi connectivity index (χ0n) is 13.9. The van der Waals surface area contributed by atoms with E-state index in [1.165, 1.54) is 38.2 Å². The van der Waals surface area contributed by atoms with Crippen LogP contribution in [0.2, 0.25) is 0 Å². The van der Waals surface area contributed by atoms with Crippen LogP contribution in [-0.4, -0.2) is 31.0 Å². The van der Waals surface area contributed by atoms with Crippen LogP contribution in [0.3, 0.4) is 0 Å². The SMILES string of the molecule is COc1ccc(C(=O)Nc2cccc(N3CCCC3)c2)cc1[N+](=O)[O-]. The number of nitro groups is 1. The molecule has 7 nitrogen and oxygen atoms in total. The number of hydrogen-bond donors (Lipinski definition) is 1. The second kappa shape index (κ2) is 7.21. The van der Waals surface area contributed by atoms with Crippen molar-refractivity contribution in [2.75, 3.05) is 30.4 Å². The molecule has 0 saturated carbocycles. The summed E-state index contributed by atoms with van der Waals surface area (Å²) in [5.41, 5.74) is 1.70. The first-order valence-corrected chi connectivity index (χ1v) is 8.07. The highest BCUT2D eigenvalue weighted by Crippen LogP contribution is 2.28. The third-order valence-electron chi connectivity index (χ3n) is 4.21. The molecule has 0 atom stereocenters. The van der Waals surface area contributed by atoms with Gasteiger partial charge in [-0.05, 0) is 43.2 Å². The van der Waals surface area contributed by atoms with Gasteiger partial charge >= 0.3 is 5.69 Å². The number of carbonyl (C=O) groups excluding carboxylic acids is 1. The molecule has 0 radical (unpaired) electrons. The minimum atomic E-state index is -0.566. The number of rotatable bonds is 5. The summed E-state index contributed by atoms with van der Waals surface area (Å²) in [5, 5.41) is 13.9. The maximum Gasteiger partial charge on any atom is 0.311 e. The van der Waals surface area contributed by atoms with Gasteiger partial charge in [-0.25, -0.2) is 0 Å². The van der Waals surface area contributed by atoms with Crippen molar-refractivity contribution in [2.45, 2.75) is 12.8 Å². The largest absolute Gasteiger partial charge is 0.490 e. The maximum absolute atomic E-state index is 12.4. The highest BCUT2D eigenvalue weighted by atomic mass is 16.6. The standard InChI is InChI=1S/C18H19N3O4/c1-25-17-8-7-13(11-16(17)21(23)24)18(22)19-14-5-4-6-15(12-14)20-9-2-3-10-20/h4-8,11-12H,2-3,9-10H2,1H3,(H,19,22). The lowest BCUT2D eigenvalue weighted by atomic mass is 10.1. The Balaban J connectivity index is 1.79. The number of anilines is 2. The quantitative estimate of drug-likeness (QED) is 0.665. The average Bonchev–Trinajstić information content (AvgIpc) is 3.16. The Hall–Kier alpha value is -3.09. The van der Waals surface area contributed by atoms with Gasteiger partial charge in [0, 0.05) is 36.1 Å². The Morgan fingerprint density at radius 1 is 1.20 bits per heavy atom. The highest BCUT2D eigenvalue weighted by molar-refractivity contribution is 6.05. The van der Waals surface area contributed by atoms with Gasteiger partial charge in [0.15, 0.2) is 5.75 Å². The summed E-state index contributed by atoms with van der Waals surface area (Å²) in [5.74, 6) is -0.276. The van der Waals surface area contributed by atoms with E-state index in [1.54, 1.807) is 6.07 Å². The molecular formula is C18H19N3O4. The molecule has 0 bridgehead atoms. The van der Waals surface area contributed by atoms with Crippen LogP contribution in [0.25, 0.3) is 0 Å². The van der Waals surface area contributed by atoms with Crippen LogP contribution < -0.4 is 15.0 Å². The van der Waals surface area contributed by atoms with Crippen molar-refractivity contribution in [2.24, 2.45) is 0 Å². The molecule has 0 aromatic heterocycles. The maximum atomic E-state index is 12.4. The van der Waals surface area contributed by atoms with Crippen LogP contribution in [0.5, 0.6) is 5.75 Å². The normalized spacial score (nSPS) is 13.6. The zero-order valence-corrected chi connectivity index (χ0v) is 13.9. The lowest BCUT2D eigenvalue weighted by Gasteiger charge is -2.18. The molecule has 130 valence electrons. The van der Waals surface area contributed by atoms with Gasteiger partial charge < -0.3 is 15.0 Å². The number of hydrogen-bond acceptors (Lipinski definition) is 5. The molecule has 7 heteroatoms. The molecule has 1 saturated heterocycles. The van der Waals surface area contributed by atoms with Crippen LogP contribution in [-0.2, 0) is 0 Å². The van der Waals surface area contributed by atoms with Gasteiger partial charge in [0.1, 0.15) is 0 Å². The first-order valence-electron chi connectivity index (χ1n) is 8.07. The van der Waals surface area contributed by atoms with E-state index in [4.69, 9.17) is 4.74 Å². The minimum absolute atomic E-state index is 0.123. The average molecular weight is 341 g/mol. The van der Waals surface area contributed by atoms with Crippen molar-refractivity contribution < 1.29 is 14.5 Å². The summed E-state index contributed by atoms with van der Waals surface area (Å²) in [4.78, 5) is 25.2. The lowest BCUT2D eigenvalue weighted by molar-refractivity contribution is -0.385. The molecule has 1 aliphatic heterocycles. The summed E-state index contributed by atoms with van der Waals surface area (Å²) in [6.07, 6.45) is 2.35.